The number of quaternary nitrogens is 1. The Morgan fingerprint density at radius 1 is 1.22 bits per heavy atom. The smallest absolute Gasteiger partial charge is 0.416 e. The Morgan fingerprint density at radius 2 is 1.91 bits per heavy atom. The summed E-state index contributed by atoms with van der Waals surface area (Å²) >= 11 is 0. The van der Waals surface area contributed by atoms with E-state index in [0.717, 1.165) is 43.6 Å². The maximum Gasteiger partial charge on any atom is 0.416 e. The van der Waals surface area contributed by atoms with E-state index in [1.807, 2.05) is 0 Å². The summed E-state index contributed by atoms with van der Waals surface area (Å²) in [7, 11) is 1.24. The zero-order chi connectivity index (χ0) is 32.9. The van der Waals surface area contributed by atoms with Crippen LogP contribution in [0.2, 0.25) is 0 Å². The van der Waals surface area contributed by atoms with Crippen LogP contribution < -0.4 is 20.9 Å². The van der Waals surface area contributed by atoms with E-state index in [9.17, 15) is 33.1 Å². The van der Waals surface area contributed by atoms with Crippen molar-refractivity contribution in [3.63, 3.8) is 0 Å². The highest BCUT2D eigenvalue weighted by molar-refractivity contribution is 5.82. The molecule has 4 atom stereocenters. The van der Waals surface area contributed by atoms with Gasteiger partial charge in [-0.25, -0.2) is 4.79 Å². The second-order valence-corrected chi connectivity index (χ2v) is 11.3. The van der Waals surface area contributed by atoms with Crippen LogP contribution in [0, 0.1) is 17.2 Å². The number of hydrogen-bond donors (Lipinski definition) is 3. The molecular formula is C30H35F3N6O6. The number of ether oxygens (including phenoxy) is 1. The molecule has 12 nitrogen and oxygen atoms in total. The number of rotatable bonds is 7. The summed E-state index contributed by atoms with van der Waals surface area (Å²) in [5.74, 6) is -1.62. The number of aliphatic hydroxyl groups is 1. The van der Waals surface area contributed by atoms with Gasteiger partial charge in [0.1, 0.15) is 19.0 Å². The van der Waals surface area contributed by atoms with Crippen LogP contribution in [-0.2, 0) is 27.0 Å². The lowest BCUT2D eigenvalue weighted by atomic mass is 9.81. The second kappa shape index (κ2) is 13.7. The lowest BCUT2D eigenvalue weighted by molar-refractivity contribution is -0.930. The SMILES string of the molecule is COC(=O)C1C(C)N(c2cccc(C(F)(F)F)c2)C2NNC(=O)N2[C@H]1c1ccc(C#N)cc1C[N+]1(CCO)CCCC1.O=C[O-]. The maximum absolute atomic E-state index is 13.6. The zero-order valence-corrected chi connectivity index (χ0v) is 24.8. The number of urea groups is 1. The number of carbonyl (C=O) groups is 3. The zero-order valence-electron chi connectivity index (χ0n) is 24.8. The van der Waals surface area contributed by atoms with Gasteiger partial charge in [0.05, 0.1) is 50.0 Å². The predicted octanol–water partition coefficient (Wildman–Crippen LogP) is 1.60. The highest BCUT2D eigenvalue weighted by atomic mass is 19.4. The van der Waals surface area contributed by atoms with Crippen LogP contribution in [-0.4, -0.2) is 78.6 Å². The number of anilines is 1. The number of hydrazine groups is 1. The lowest BCUT2D eigenvalue weighted by Gasteiger charge is -2.52. The van der Waals surface area contributed by atoms with E-state index in [-0.39, 0.29) is 12.3 Å². The number of carboxylic acid groups (broad SMARTS) is 1. The van der Waals surface area contributed by atoms with E-state index in [0.29, 0.717) is 28.7 Å². The van der Waals surface area contributed by atoms with Crippen molar-refractivity contribution >= 4 is 24.2 Å². The van der Waals surface area contributed by atoms with Gasteiger partial charge in [-0.1, -0.05) is 12.1 Å². The fourth-order valence-corrected chi connectivity index (χ4v) is 6.85. The summed E-state index contributed by atoms with van der Waals surface area (Å²) in [6.45, 7) is 3.90. The minimum atomic E-state index is -4.59. The largest absolute Gasteiger partial charge is 0.554 e. The number of esters is 1. The molecule has 0 spiro atoms. The van der Waals surface area contributed by atoms with Crippen molar-refractivity contribution < 1.29 is 47.0 Å². The molecule has 0 radical (unpaired) electrons. The number of fused-ring (bicyclic) bond motifs is 1. The van der Waals surface area contributed by atoms with Crippen LogP contribution >= 0.6 is 0 Å². The Labute approximate surface area is 258 Å². The Morgan fingerprint density at radius 3 is 2.51 bits per heavy atom. The van der Waals surface area contributed by atoms with Gasteiger partial charge in [0, 0.05) is 36.6 Å². The number of nitrogens with zero attached hydrogens (tertiary/aromatic N) is 4. The van der Waals surface area contributed by atoms with Crippen LogP contribution in [0.15, 0.2) is 42.5 Å². The average Bonchev–Trinajstić information content (AvgIpc) is 3.63. The van der Waals surface area contributed by atoms with Crippen LogP contribution in [0.5, 0.6) is 0 Å². The lowest BCUT2D eigenvalue weighted by Crippen LogP contribution is -2.65. The van der Waals surface area contributed by atoms with Gasteiger partial charge in [0.15, 0.2) is 6.29 Å². The Hall–Kier alpha value is -4.39. The highest BCUT2D eigenvalue weighted by Crippen LogP contribution is 2.45. The summed E-state index contributed by atoms with van der Waals surface area (Å²) in [6, 6.07) is 9.93. The van der Waals surface area contributed by atoms with E-state index in [4.69, 9.17) is 14.6 Å². The van der Waals surface area contributed by atoms with Crippen LogP contribution in [0.4, 0.5) is 23.7 Å². The van der Waals surface area contributed by atoms with Crippen molar-refractivity contribution in [1.29, 1.82) is 5.26 Å². The first-order valence-corrected chi connectivity index (χ1v) is 14.4. The van der Waals surface area contributed by atoms with E-state index < -0.39 is 54.5 Å². The number of benzene rings is 2. The summed E-state index contributed by atoms with van der Waals surface area (Å²) in [6.07, 6.45) is -3.54. The fraction of sp³-hybridized carbons (Fsp3) is 0.467. The molecule has 2 aromatic carbocycles. The molecule has 242 valence electrons. The molecule has 15 heteroatoms. The Kier molecular flexibility index (Phi) is 10.2. The van der Waals surface area contributed by atoms with E-state index in [1.165, 1.54) is 24.1 Å². The molecule has 5 rings (SSSR count). The molecule has 0 aromatic heterocycles. The predicted molar refractivity (Wildman–Crippen MR) is 151 cm³/mol. The first-order chi connectivity index (χ1) is 21.4. The fourth-order valence-electron chi connectivity index (χ4n) is 6.85. The number of carbonyl (C=O) groups excluding carboxylic acids is 3. The third-order valence-corrected chi connectivity index (χ3v) is 8.80. The summed E-state index contributed by atoms with van der Waals surface area (Å²) in [5.41, 5.74) is 6.62. The number of alkyl halides is 3. The molecule has 2 aromatic rings. The van der Waals surface area contributed by atoms with Gasteiger partial charge in [0.25, 0.3) is 0 Å². The number of amides is 2. The van der Waals surface area contributed by atoms with Crippen molar-refractivity contribution in [2.75, 3.05) is 38.3 Å². The maximum atomic E-state index is 13.6. The van der Waals surface area contributed by atoms with Crippen molar-refractivity contribution in [2.45, 2.75) is 50.9 Å². The molecule has 0 aliphatic carbocycles. The van der Waals surface area contributed by atoms with Crippen molar-refractivity contribution in [3.8, 4) is 6.07 Å². The molecule has 3 N–H and O–H groups in total. The third kappa shape index (κ3) is 6.68. The van der Waals surface area contributed by atoms with Gasteiger partial charge in [-0.05, 0) is 42.8 Å². The molecular weight excluding hydrogens is 597 g/mol. The van der Waals surface area contributed by atoms with Gasteiger partial charge in [-0.15, -0.1) is 0 Å². The molecule has 3 unspecified atom stereocenters. The molecule has 3 fully saturated rings. The Bertz CT molecular complexity index is 1440. The number of likely N-dealkylation sites (tertiary alicyclic amines) is 1. The summed E-state index contributed by atoms with van der Waals surface area (Å²) < 4.78 is 46.7. The molecule has 45 heavy (non-hydrogen) atoms. The van der Waals surface area contributed by atoms with Gasteiger partial charge >= 0.3 is 18.2 Å². The number of aliphatic hydroxyl groups excluding tert-OH is 1. The molecule has 0 saturated carbocycles. The summed E-state index contributed by atoms with van der Waals surface area (Å²) in [5, 5.41) is 27.8. The molecule has 2 amide bonds. The van der Waals surface area contributed by atoms with Crippen molar-refractivity contribution in [3.05, 3.63) is 64.7 Å². The quantitative estimate of drug-likeness (QED) is 0.234. The molecule has 3 aliphatic rings. The second-order valence-electron chi connectivity index (χ2n) is 11.3. The first kappa shape index (κ1) is 33.5. The monoisotopic (exact) mass is 632 g/mol. The minimum Gasteiger partial charge on any atom is -0.554 e. The number of methoxy groups -OCH3 is 1. The standard InChI is InChI=1S/C29H33F3N6O4.CH2O2/c1-18-24(26(40)42-2)25(23-9-8-19(16-33)14-20(23)17-38(12-13-39)10-3-4-11-38)37-27(34-35-28(37)41)36(18)22-7-5-6-21(15-22)29(30,31)32;2-1-3/h5-9,14-15,18,24-25,27,34,39H,3-4,10-13,17H2,1-2H3;1H,(H,2,3)/t18?,24?,25-,27?;/m0./s1. The Balaban J connectivity index is 0.00000148. The molecule has 3 aliphatic heterocycles. The normalized spacial score (nSPS) is 23.7. The van der Waals surface area contributed by atoms with Crippen molar-refractivity contribution in [2.24, 2.45) is 5.92 Å². The number of nitriles is 1. The van der Waals surface area contributed by atoms with Crippen molar-refractivity contribution in [1.82, 2.24) is 15.8 Å². The van der Waals surface area contributed by atoms with Gasteiger partial charge in [-0.3, -0.25) is 15.1 Å². The van der Waals surface area contributed by atoms with Crippen LogP contribution in [0.3, 0.4) is 0 Å². The van der Waals surface area contributed by atoms with Gasteiger partial charge in [-0.2, -0.15) is 23.9 Å². The topological polar surface area (TPSA) is 158 Å². The molecule has 3 heterocycles. The van der Waals surface area contributed by atoms with Gasteiger partial charge in [0.2, 0.25) is 0 Å². The number of nitrogens with one attached hydrogen (secondary N) is 2. The molecule has 3 saturated heterocycles. The van der Waals surface area contributed by atoms with Gasteiger partial charge < -0.3 is 29.1 Å². The third-order valence-electron chi connectivity index (χ3n) is 8.80. The first-order valence-electron chi connectivity index (χ1n) is 14.4. The van der Waals surface area contributed by atoms with Crippen LogP contribution in [0.1, 0.15) is 48.1 Å². The molecule has 0 bridgehead atoms. The summed E-state index contributed by atoms with van der Waals surface area (Å²) in [4.78, 5) is 38.2. The van der Waals surface area contributed by atoms with E-state index >= 15 is 0 Å². The number of halogens is 3. The highest BCUT2D eigenvalue weighted by Gasteiger charge is 2.55. The number of hydrogen-bond acceptors (Lipinski definition) is 9. The minimum absolute atomic E-state index is 0.00893. The average molecular weight is 633 g/mol. The van der Waals surface area contributed by atoms with Crippen LogP contribution in [0.25, 0.3) is 0 Å². The van der Waals surface area contributed by atoms with E-state index in [1.54, 1.807) is 30.0 Å². The van der Waals surface area contributed by atoms with E-state index in [2.05, 4.69) is 16.9 Å².